The summed E-state index contributed by atoms with van der Waals surface area (Å²) in [4.78, 5) is 32.6. The number of amides is 1. The molecular formula is C25H29N3O5S. The summed E-state index contributed by atoms with van der Waals surface area (Å²) in [5.74, 6) is 0.000382. The van der Waals surface area contributed by atoms with Crippen molar-refractivity contribution in [3.8, 4) is 5.88 Å². The summed E-state index contributed by atoms with van der Waals surface area (Å²) in [6.07, 6.45) is 1.58. The molecule has 3 fully saturated rings. The van der Waals surface area contributed by atoms with Gasteiger partial charge in [-0.25, -0.2) is 4.98 Å². The summed E-state index contributed by atoms with van der Waals surface area (Å²) in [7, 11) is 0. The fourth-order valence-corrected chi connectivity index (χ4v) is 5.25. The Labute approximate surface area is 204 Å². The number of thiol groups is 1. The van der Waals surface area contributed by atoms with E-state index >= 15 is 0 Å². The molecule has 0 aliphatic carbocycles. The Bertz CT molecular complexity index is 1040. The largest absolute Gasteiger partial charge is 0.474 e. The van der Waals surface area contributed by atoms with Crippen LogP contribution in [0.25, 0.3) is 0 Å². The summed E-state index contributed by atoms with van der Waals surface area (Å²) < 4.78 is 18.4. The number of anilines is 1. The van der Waals surface area contributed by atoms with Gasteiger partial charge < -0.3 is 19.1 Å². The lowest BCUT2D eigenvalue weighted by Crippen LogP contribution is -2.51. The number of aromatic nitrogens is 1. The highest BCUT2D eigenvalue weighted by molar-refractivity contribution is 7.78. The number of rotatable bonds is 5. The van der Waals surface area contributed by atoms with Crippen molar-refractivity contribution >= 4 is 30.2 Å². The van der Waals surface area contributed by atoms with Crippen molar-refractivity contribution < 1.29 is 23.8 Å². The number of pyridine rings is 1. The van der Waals surface area contributed by atoms with E-state index in [2.05, 4.69) is 17.7 Å². The van der Waals surface area contributed by atoms with Crippen LogP contribution in [0.2, 0.25) is 0 Å². The van der Waals surface area contributed by atoms with Gasteiger partial charge >= 0.3 is 0 Å². The minimum Gasteiger partial charge on any atom is -0.474 e. The molecule has 2 aromatic rings. The first kappa shape index (κ1) is 23.1. The summed E-state index contributed by atoms with van der Waals surface area (Å²) in [6.45, 7) is 4.38. The normalized spacial score (nSPS) is 24.4. The van der Waals surface area contributed by atoms with Gasteiger partial charge in [0.15, 0.2) is 0 Å². The molecule has 1 aromatic heterocycles. The maximum atomic E-state index is 12.8. The number of hydrogen-bond donors (Lipinski definition) is 1. The van der Waals surface area contributed by atoms with Crippen molar-refractivity contribution in [1.82, 2.24) is 9.29 Å². The predicted molar refractivity (Wildman–Crippen MR) is 129 cm³/mol. The predicted octanol–water partition coefficient (Wildman–Crippen LogP) is 2.76. The molecule has 0 N–H and O–H groups in total. The van der Waals surface area contributed by atoms with Crippen molar-refractivity contribution in [3.63, 3.8) is 0 Å². The number of morpholine rings is 1. The van der Waals surface area contributed by atoms with Crippen molar-refractivity contribution in [2.45, 2.75) is 37.3 Å². The fraction of sp³-hybridized carbons (Fsp3) is 0.480. The van der Waals surface area contributed by atoms with E-state index in [4.69, 9.17) is 19.2 Å². The standard InChI is InChI=1S/C25H29N3O5S/c29-20-16-24(30)28(34)25(17-20,18-4-6-19(7-5-18)27-10-14-32-15-11-27)22-2-1-3-23(26-22)33-21-8-12-31-13-9-21/h1-7,21,34H,8-17H2. The van der Waals surface area contributed by atoms with Gasteiger partial charge in [-0.3, -0.25) is 13.9 Å². The van der Waals surface area contributed by atoms with Crippen molar-refractivity contribution in [2.24, 2.45) is 0 Å². The third-order valence-corrected chi connectivity index (χ3v) is 7.29. The number of benzene rings is 1. The summed E-state index contributed by atoms with van der Waals surface area (Å²) in [5.41, 5.74) is 1.31. The van der Waals surface area contributed by atoms with Crippen molar-refractivity contribution in [2.75, 3.05) is 44.4 Å². The van der Waals surface area contributed by atoms with Gasteiger partial charge in [0.2, 0.25) is 11.8 Å². The molecule has 3 aliphatic rings. The molecule has 34 heavy (non-hydrogen) atoms. The Morgan fingerprint density at radius 3 is 2.41 bits per heavy atom. The van der Waals surface area contributed by atoms with Gasteiger partial charge in [0.05, 0.1) is 38.5 Å². The van der Waals surface area contributed by atoms with Gasteiger partial charge in [-0.15, -0.1) is 0 Å². The number of ketones is 1. The highest BCUT2D eigenvalue weighted by Crippen LogP contribution is 2.44. The van der Waals surface area contributed by atoms with E-state index in [1.54, 1.807) is 0 Å². The first-order valence-corrected chi connectivity index (χ1v) is 12.1. The van der Waals surface area contributed by atoms with Crippen LogP contribution in [0, 0.1) is 0 Å². The van der Waals surface area contributed by atoms with Crippen LogP contribution >= 0.6 is 12.8 Å². The minimum absolute atomic E-state index is 0.0296. The molecule has 4 heterocycles. The zero-order valence-corrected chi connectivity index (χ0v) is 19.9. The van der Waals surface area contributed by atoms with E-state index in [1.165, 1.54) is 4.31 Å². The molecule has 0 saturated carbocycles. The fourth-order valence-electron chi connectivity index (χ4n) is 4.90. The molecule has 1 unspecified atom stereocenters. The molecule has 0 radical (unpaired) electrons. The Balaban J connectivity index is 1.51. The number of carbonyl (C=O) groups is 2. The third kappa shape index (κ3) is 4.52. The Morgan fingerprint density at radius 2 is 1.68 bits per heavy atom. The molecule has 180 valence electrons. The second-order valence-corrected chi connectivity index (χ2v) is 9.29. The van der Waals surface area contributed by atoms with Crippen LogP contribution in [-0.4, -0.2) is 66.6 Å². The van der Waals surface area contributed by atoms with Gasteiger partial charge in [0, 0.05) is 44.1 Å². The first-order chi connectivity index (χ1) is 16.6. The van der Waals surface area contributed by atoms with Gasteiger partial charge in [0.1, 0.15) is 17.4 Å². The maximum absolute atomic E-state index is 12.8. The molecule has 1 aromatic carbocycles. The van der Waals surface area contributed by atoms with Crippen LogP contribution in [0.5, 0.6) is 5.88 Å². The smallest absolute Gasteiger partial charge is 0.240 e. The molecule has 3 aliphatic heterocycles. The lowest BCUT2D eigenvalue weighted by atomic mass is 9.78. The Hall–Kier alpha value is -2.62. The van der Waals surface area contributed by atoms with Crippen LogP contribution in [0.15, 0.2) is 42.5 Å². The zero-order chi connectivity index (χ0) is 23.5. The average molecular weight is 484 g/mol. The average Bonchev–Trinajstić information content (AvgIpc) is 2.88. The Morgan fingerprint density at radius 1 is 0.971 bits per heavy atom. The minimum atomic E-state index is -1.12. The first-order valence-electron chi connectivity index (χ1n) is 11.7. The monoisotopic (exact) mass is 483 g/mol. The lowest BCUT2D eigenvalue weighted by molar-refractivity contribution is -0.140. The van der Waals surface area contributed by atoms with Gasteiger partial charge in [-0.2, -0.15) is 0 Å². The molecule has 9 heteroatoms. The van der Waals surface area contributed by atoms with Gasteiger partial charge in [0.25, 0.3) is 0 Å². The Kier molecular flexibility index (Phi) is 6.76. The quantitative estimate of drug-likeness (QED) is 0.517. The maximum Gasteiger partial charge on any atom is 0.240 e. The number of carbonyl (C=O) groups excluding carboxylic acids is 2. The molecule has 5 rings (SSSR count). The highest BCUT2D eigenvalue weighted by atomic mass is 32.1. The van der Waals surface area contributed by atoms with Crippen molar-refractivity contribution in [1.29, 1.82) is 0 Å². The van der Waals surface area contributed by atoms with Crippen LogP contribution in [0.4, 0.5) is 5.69 Å². The highest BCUT2D eigenvalue weighted by Gasteiger charge is 2.49. The summed E-state index contributed by atoms with van der Waals surface area (Å²) in [6, 6.07) is 13.5. The van der Waals surface area contributed by atoms with E-state index in [0.29, 0.717) is 38.0 Å². The molecule has 1 amide bonds. The van der Waals surface area contributed by atoms with E-state index in [9.17, 15) is 9.59 Å². The second kappa shape index (κ2) is 9.93. The van der Waals surface area contributed by atoms with E-state index < -0.39 is 5.54 Å². The molecule has 8 nitrogen and oxygen atoms in total. The number of piperidine rings is 1. The molecule has 0 spiro atoms. The summed E-state index contributed by atoms with van der Waals surface area (Å²) >= 11 is 4.60. The van der Waals surface area contributed by atoms with E-state index in [0.717, 1.165) is 37.2 Å². The van der Waals surface area contributed by atoms with Crippen molar-refractivity contribution in [3.05, 3.63) is 53.7 Å². The van der Waals surface area contributed by atoms with Gasteiger partial charge in [-0.1, -0.05) is 31.0 Å². The molecular weight excluding hydrogens is 454 g/mol. The van der Waals surface area contributed by atoms with Crippen LogP contribution in [0.3, 0.4) is 0 Å². The second-order valence-electron chi connectivity index (χ2n) is 8.89. The van der Waals surface area contributed by atoms with Crippen LogP contribution in [0.1, 0.15) is 36.9 Å². The third-order valence-electron chi connectivity index (χ3n) is 6.72. The number of ether oxygens (including phenoxy) is 3. The number of Topliss-reactive ketones (excluding diaryl/α,β-unsaturated/α-hetero) is 1. The van der Waals surface area contributed by atoms with Gasteiger partial charge in [-0.05, 0) is 23.8 Å². The topological polar surface area (TPSA) is 81.2 Å². The zero-order valence-electron chi connectivity index (χ0n) is 19.0. The number of nitrogens with zero attached hydrogens (tertiary/aromatic N) is 3. The summed E-state index contributed by atoms with van der Waals surface area (Å²) in [5, 5.41) is 0. The van der Waals surface area contributed by atoms with E-state index in [-0.39, 0.29) is 30.6 Å². The number of hydrogen-bond acceptors (Lipinski definition) is 8. The molecule has 1 atom stereocenters. The molecule has 3 saturated heterocycles. The molecule has 0 bridgehead atoms. The SMILES string of the molecule is O=C1CC(=O)N(S)C(c2ccc(N3CCOCC3)cc2)(c2cccc(OC3CCOCC3)n2)C1. The van der Waals surface area contributed by atoms with Crippen LogP contribution < -0.4 is 9.64 Å². The van der Waals surface area contributed by atoms with E-state index in [1.807, 2.05) is 42.5 Å². The van der Waals surface area contributed by atoms with Crippen LogP contribution in [-0.2, 0) is 24.6 Å². The lowest BCUT2D eigenvalue weighted by Gasteiger charge is -2.43.